The van der Waals surface area contributed by atoms with E-state index in [2.05, 4.69) is 0 Å². The van der Waals surface area contributed by atoms with E-state index in [1.165, 1.54) is 0 Å². The van der Waals surface area contributed by atoms with Crippen molar-refractivity contribution in [2.24, 2.45) is 0 Å². The average molecular weight is 496 g/mol. The van der Waals surface area contributed by atoms with E-state index in [-0.39, 0.29) is 34.5 Å². The minimum Gasteiger partial charge on any atom is -0.507 e. The first kappa shape index (κ1) is 26.2. The second-order valence-corrected chi connectivity index (χ2v) is 11.7. The first-order chi connectivity index (χ1) is 17.4. The standard InChI is InChI=1S/C32H37N3O2/c1-31(2,3)25-17-24(18-26(29(25)37)32(4,5)6)28(36)21-35-27(23-15-11-8-12-16-23)20-34(30(35)33)19-22-13-9-7-10-14-22/h7-18,20,33,37H,19,21H2,1-6H3. The summed E-state index contributed by atoms with van der Waals surface area (Å²) in [5, 5.41) is 20.1. The van der Waals surface area contributed by atoms with Crippen molar-refractivity contribution in [3.8, 4) is 17.0 Å². The van der Waals surface area contributed by atoms with E-state index in [9.17, 15) is 9.90 Å². The Morgan fingerprint density at radius 1 is 0.838 bits per heavy atom. The summed E-state index contributed by atoms with van der Waals surface area (Å²) < 4.78 is 3.66. The van der Waals surface area contributed by atoms with Crippen molar-refractivity contribution < 1.29 is 9.90 Å². The minimum atomic E-state index is -0.331. The number of hydrogen-bond acceptors (Lipinski definition) is 3. The second kappa shape index (κ2) is 9.89. The number of phenols is 1. The van der Waals surface area contributed by atoms with Crippen LogP contribution < -0.4 is 5.62 Å². The lowest BCUT2D eigenvalue weighted by atomic mass is 9.78. The Labute approximate surface area is 219 Å². The van der Waals surface area contributed by atoms with Gasteiger partial charge < -0.3 is 14.2 Å². The van der Waals surface area contributed by atoms with Crippen molar-refractivity contribution in [3.05, 3.63) is 107 Å². The van der Waals surface area contributed by atoms with Gasteiger partial charge in [0.2, 0.25) is 5.62 Å². The van der Waals surface area contributed by atoms with Crippen LogP contribution in [0.4, 0.5) is 0 Å². The topological polar surface area (TPSA) is 71.0 Å². The molecule has 192 valence electrons. The number of carbonyl (C=O) groups excluding carboxylic acids is 1. The Balaban J connectivity index is 1.80. The summed E-state index contributed by atoms with van der Waals surface area (Å²) in [5.74, 6) is 0.161. The summed E-state index contributed by atoms with van der Waals surface area (Å²) in [6, 6.07) is 23.5. The molecule has 2 N–H and O–H groups in total. The van der Waals surface area contributed by atoms with E-state index < -0.39 is 0 Å². The van der Waals surface area contributed by atoms with Gasteiger partial charge in [-0.3, -0.25) is 10.2 Å². The molecule has 1 aromatic heterocycles. The number of Topliss-reactive ketones (excluding diaryl/α,β-unsaturated/α-hetero) is 1. The normalized spacial score (nSPS) is 12.1. The molecule has 5 heteroatoms. The quantitative estimate of drug-likeness (QED) is 0.293. The van der Waals surface area contributed by atoms with E-state index >= 15 is 0 Å². The van der Waals surface area contributed by atoms with Crippen LogP contribution in [0.2, 0.25) is 0 Å². The molecule has 0 aliphatic rings. The fraction of sp³-hybridized carbons (Fsp3) is 0.312. The van der Waals surface area contributed by atoms with Gasteiger partial charge in [0.05, 0.1) is 18.8 Å². The Kier molecular flexibility index (Phi) is 7.00. The fourth-order valence-electron chi connectivity index (χ4n) is 4.62. The molecule has 0 aliphatic heterocycles. The van der Waals surface area contributed by atoms with Crippen LogP contribution in [0, 0.1) is 5.41 Å². The summed E-state index contributed by atoms with van der Waals surface area (Å²) in [5.41, 5.74) is 4.52. The number of imidazole rings is 1. The molecule has 37 heavy (non-hydrogen) atoms. The molecular weight excluding hydrogens is 458 g/mol. The van der Waals surface area contributed by atoms with Crippen molar-refractivity contribution in [1.82, 2.24) is 9.13 Å². The predicted molar refractivity (Wildman–Crippen MR) is 149 cm³/mol. The molecule has 0 saturated heterocycles. The fourth-order valence-corrected chi connectivity index (χ4v) is 4.62. The maximum Gasteiger partial charge on any atom is 0.203 e. The third kappa shape index (κ3) is 5.61. The molecule has 0 bridgehead atoms. The molecule has 5 nitrogen and oxygen atoms in total. The van der Waals surface area contributed by atoms with Crippen molar-refractivity contribution in [1.29, 1.82) is 5.41 Å². The predicted octanol–water partition coefficient (Wildman–Crippen LogP) is 6.67. The molecule has 0 fully saturated rings. The van der Waals surface area contributed by atoms with Gasteiger partial charge in [-0.15, -0.1) is 0 Å². The highest BCUT2D eigenvalue weighted by molar-refractivity contribution is 5.97. The zero-order valence-corrected chi connectivity index (χ0v) is 22.7. The van der Waals surface area contributed by atoms with Crippen LogP contribution in [0.25, 0.3) is 11.3 Å². The van der Waals surface area contributed by atoms with Crippen LogP contribution in [0.1, 0.15) is 68.6 Å². The zero-order chi connectivity index (χ0) is 27.0. The summed E-state index contributed by atoms with van der Waals surface area (Å²) in [4.78, 5) is 13.8. The summed E-state index contributed by atoms with van der Waals surface area (Å²) in [6.07, 6.45) is 1.95. The van der Waals surface area contributed by atoms with E-state index in [4.69, 9.17) is 5.41 Å². The number of aromatic nitrogens is 2. The summed E-state index contributed by atoms with van der Waals surface area (Å²) in [7, 11) is 0. The molecule has 0 radical (unpaired) electrons. The molecule has 4 aromatic rings. The van der Waals surface area contributed by atoms with Gasteiger partial charge in [0.1, 0.15) is 5.75 Å². The number of nitrogens with one attached hydrogen (secondary N) is 1. The lowest BCUT2D eigenvalue weighted by molar-refractivity contribution is 0.0970. The Bertz CT molecular complexity index is 1430. The number of phenolic OH excluding ortho intramolecular Hbond substituents is 1. The molecular formula is C32H37N3O2. The highest BCUT2D eigenvalue weighted by atomic mass is 16.3. The second-order valence-electron chi connectivity index (χ2n) is 11.7. The maximum atomic E-state index is 13.8. The van der Waals surface area contributed by atoms with Crippen LogP contribution >= 0.6 is 0 Å². The highest BCUT2D eigenvalue weighted by Gasteiger charge is 2.28. The molecule has 0 spiro atoms. The lowest BCUT2D eigenvalue weighted by Crippen LogP contribution is -2.28. The minimum absolute atomic E-state index is 0.0305. The molecule has 0 aliphatic carbocycles. The SMILES string of the molecule is CC(C)(C)c1cc(C(=O)Cn2c(-c3ccccc3)cn(Cc3ccccc3)c2=N)cc(C(C)(C)C)c1O. The Morgan fingerprint density at radius 2 is 1.35 bits per heavy atom. The average Bonchev–Trinajstić information content (AvgIpc) is 3.13. The van der Waals surface area contributed by atoms with E-state index in [1.807, 2.05) is 125 Å². The van der Waals surface area contributed by atoms with Crippen molar-refractivity contribution in [3.63, 3.8) is 0 Å². The number of rotatable bonds is 6. The van der Waals surface area contributed by atoms with Gasteiger partial charge in [-0.1, -0.05) is 102 Å². The first-order valence-corrected chi connectivity index (χ1v) is 12.7. The number of ketones is 1. The van der Waals surface area contributed by atoms with Gasteiger partial charge in [-0.05, 0) is 34.1 Å². The molecule has 1 heterocycles. The molecule has 0 amide bonds. The number of carbonyl (C=O) groups is 1. The van der Waals surface area contributed by atoms with E-state index in [1.54, 1.807) is 4.57 Å². The van der Waals surface area contributed by atoms with Gasteiger partial charge in [-0.25, -0.2) is 0 Å². The maximum absolute atomic E-state index is 13.8. The monoisotopic (exact) mass is 495 g/mol. The van der Waals surface area contributed by atoms with Crippen molar-refractivity contribution in [2.75, 3.05) is 0 Å². The van der Waals surface area contributed by atoms with Gasteiger partial charge in [-0.2, -0.15) is 0 Å². The molecule has 3 aromatic carbocycles. The summed E-state index contributed by atoms with van der Waals surface area (Å²) in [6.45, 7) is 12.8. The van der Waals surface area contributed by atoms with Crippen molar-refractivity contribution >= 4 is 5.78 Å². The van der Waals surface area contributed by atoms with Gasteiger partial charge in [0.25, 0.3) is 0 Å². The Morgan fingerprint density at radius 3 is 1.86 bits per heavy atom. The highest BCUT2D eigenvalue weighted by Crippen LogP contribution is 2.40. The van der Waals surface area contributed by atoms with Gasteiger partial charge in [0, 0.05) is 22.9 Å². The first-order valence-electron chi connectivity index (χ1n) is 12.7. The van der Waals surface area contributed by atoms with Crippen LogP contribution in [-0.4, -0.2) is 20.0 Å². The number of aromatic hydroxyl groups is 1. The number of benzene rings is 3. The molecule has 0 unspecified atom stereocenters. The molecule has 0 atom stereocenters. The molecule has 4 rings (SSSR count). The van der Waals surface area contributed by atoms with Crippen molar-refractivity contribution in [2.45, 2.75) is 65.5 Å². The molecule has 0 saturated carbocycles. The lowest BCUT2D eigenvalue weighted by Gasteiger charge is -2.28. The summed E-state index contributed by atoms with van der Waals surface area (Å²) >= 11 is 0. The van der Waals surface area contributed by atoms with Crippen LogP contribution in [-0.2, 0) is 23.9 Å². The van der Waals surface area contributed by atoms with Crippen LogP contribution in [0.15, 0.2) is 79.0 Å². The van der Waals surface area contributed by atoms with Gasteiger partial charge >= 0.3 is 0 Å². The Hall–Kier alpha value is -3.86. The van der Waals surface area contributed by atoms with E-state index in [0.29, 0.717) is 12.1 Å². The smallest absolute Gasteiger partial charge is 0.203 e. The third-order valence-electron chi connectivity index (χ3n) is 6.71. The number of nitrogens with zero attached hydrogens (tertiary/aromatic N) is 2. The largest absolute Gasteiger partial charge is 0.507 e. The van der Waals surface area contributed by atoms with Crippen LogP contribution in [0.5, 0.6) is 5.75 Å². The van der Waals surface area contributed by atoms with Gasteiger partial charge in [0.15, 0.2) is 5.78 Å². The van der Waals surface area contributed by atoms with E-state index in [0.717, 1.165) is 27.9 Å². The number of hydrogen-bond donors (Lipinski definition) is 2. The third-order valence-corrected chi connectivity index (χ3v) is 6.71. The zero-order valence-electron chi connectivity index (χ0n) is 22.7. The van der Waals surface area contributed by atoms with Crippen LogP contribution in [0.3, 0.4) is 0 Å².